The van der Waals surface area contributed by atoms with Crippen LogP contribution in [0, 0.1) is 3.57 Å². The Morgan fingerprint density at radius 3 is 2.88 bits per heavy atom. The molecule has 0 bridgehead atoms. The van der Waals surface area contributed by atoms with Gasteiger partial charge in [-0.15, -0.1) is 0 Å². The highest BCUT2D eigenvalue weighted by Crippen LogP contribution is 2.07. The van der Waals surface area contributed by atoms with Crippen LogP contribution < -0.4 is 11.1 Å². The van der Waals surface area contributed by atoms with Crippen LogP contribution in [0.25, 0.3) is 0 Å². The Balaban J connectivity index is 2.38. The maximum atomic E-state index is 11.7. The second kappa shape index (κ2) is 6.80. The van der Waals surface area contributed by atoms with Gasteiger partial charge in [-0.2, -0.15) is 0 Å². The molecular weight excluding hydrogens is 335 g/mol. The molecule has 0 fully saturated rings. The first-order valence-corrected chi connectivity index (χ1v) is 6.40. The first-order chi connectivity index (χ1) is 7.59. The van der Waals surface area contributed by atoms with Crippen molar-refractivity contribution in [2.24, 2.45) is 5.73 Å². The van der Waals surface area contributed by atoms with Crippen LogP contribution in [0.15, 0.2) is 24.3 Å². The zero-order chi connectivity index (χ0) is 12.0. The number of nitrogens with two attached hydrogens (primary N) is 1. The topological polar surface area (TPSA) is 55.1 Å². The van der Waals surface area contributed by atoms with Gasteiger partial charge in [-0.05, 0) is 53.6 Å². The van der Waals surface area contributed by atoms with Gasteiger partial charge in [0.2, 0.25) is 0 Å². The summed E-state index contributed by atoms with van der Waals surface area (Å²) < 4.78 is 1.05. The molecule has 0 spiro atoms. The van der Waals surface area contributed by atoms with Gasteiger partial charge in [0.05, 0.1) is 4.99 Å². The van der Waals surface area contributed by atoms with Crippen LogP contribution in [-0.4, -0.2) is 17.4 Å². The fourth-order valence-corrected chi connectivity index (χ4v) is 1.88. The van der Waals surface area contributed by atoms with Gasteiger partial charge in [-0.1, -0.05) is 18.3 Å². The lowest BCUT2D eigenvalue weighted by Gasteiger charge is -2.04. The zero-order valence-electron chi connectivity index (χ0n) is 8.70. The Kier molecular flexibility index (Phi) is 5.68. The second-order valence-corrected chi connectivity index (χ2v) is 5.11. The maximum absolute atomic E-state index is 11.7. The zero-order valence-corrected chi connectivity index (χ0v) is 11.7. The minimum atomic E-state index is -0.0542. The summed E-state index contributed by atoms with van der Waals surface area (Å²) in [6.45, 7) is 0.599. The highest BCUT2D eigenvalue weighted by atomic mass is 127. The average molecular weight is 348 g/mol. The number of nitrogens with one attached hydrogen (secondary N) is 1. The van der Waals surface area contributed by atoms with Crippen LogP contribution >= 0.6 is 34.8 Å². The molecule has 0 saturated carbocycles. The molecular formula is C11H13IN2OS. The van der Waals surface area contributed by atoms with Crippen molar-refractivity contribution in [3.8, 4) is 0 Å². The normalized spacial score (nSPS) is 9.81. The van der Waals surface area contributed by atoms with Crippen LogP contribution in [0.4, 0.5) is 0 Å². The Bertz CT molecular complexity index is 395. The average Bonchev–Trinajstić information content (AvgIpc) is 2.24. The van der Waals surface area contributed by atoms with E-state index in [2.05, 4.69) is 27.9 Å². The van der Waals surface area contributed by atoms with Crippen LogP contribution in [0.1, 0.15) is 23.2 Å². The van der Waals surface area contributed by atoms with E-state index >= 15 is 0 Å². The van der Waals surface area contributed by atoms with Crippen LogP contribution in [0.2, 0.25) is 0 Å². The molecule has 0 radical (unpaired) electrons. The van der Waals surface area contributed by atoms with E-state index in [-0.39, 0.29) is 5.91 Å². The summed E-state index contributed by atoms with van der Waals surface area (Å²) in [5.74, 6) is -0.0542. The smallest absolute Gasteiger partial charge is 0.251 e. The Morgan fingerprint density at radius 2 is 2.25 bits per heavy atom. The molecule has 5 heteroatoms. The number of benzene rings is 1. The molecule has 0 heterocycles. The van der Waals surface area contributed by atoms with Crippen molar-refractivity contribution in [3.05, 3.63) is 33.4 Å². The first kappa shape index (κ1) is 13.4. The number of carbonyl (C=O) groups excluding carboxylic acids is 1. The lowest BCUT2D eigenvalue weighted by molar-refractivity contribution is 0.0953. The van der Waals surface area contributed by atoms with Gasteiger partial charge in [0, 0.05) is 15.7 Å². The van der Waals surface area contributed by atoms with Crippen LogP contribution in [0.5, 0.6) is 0 Å². The van der Waals surface area contributed by atoms with Crippen molar-refractivity contribution >= 4 is 45.7 Å². The predicted octanol–water partition coefficient (Wildman–Crippen LogP) is 2.09. The highest BCUT2D eigenvalue weighted by Gasteiger charge is 2.04. The predicted molar refractivity (Wildman–Crippen MR) is 77.5 cm³/mol. The molecule has 0 aliphatic carbocycles. The largest absolute Gasteiger partial charge is 0.393 e. The number of carbonyl (C=O) groups is 1. The van der Waals surface area contributed by atoms with Gasteiger partial charge in [0.15, 0.2) is 0 Å². The molecule has 1 aromatic rings. The Labute approximate surface area is 114 Å². The van der Waals surface area contributed by atoms with Gasteiger partial charge >= 0.3 is 0 Å². The van der Waals surface area contributed by atoms with Crippen molar-refractivity contribution in [2.75, 3.05) is 6.54 Å². The van der Waals surface area contributed by atoms with Gasteiger partial charge in [-0.25, -0.2) is 0 Å². The van der Waals surface area contributed by atoms with E-state index in [9.17, 15) is 4.79 Å². The molecule has 1 aromatic carbocycles. The lowest BCUT2D eigenvalue weighted by atomic mass is 10.2. The first-order valence-electron chi connectivity index (χ1n) is 4.91. The minimum Gasteiger partial charge on any atom is -0.393 e. The molecule has 3 N–H and O–H groups in total. The van der Waals surface area contributed by atoms with E-state index in [0.717, 1.165) is 9.99 Å². The van der Waals surface area contributed by atoms with Gasteiger partial charge in [0.1, 0.15) is 0 Å². The summed E-state index contributed by atoms with van der Waals surface area (Å²) in [5.41, 5.74) is 6.04. The van der Waals surface area contributed by atoms with Gasteiger partial charge in [0.25, 0.3) is 5.91 Å². The molecule has 3 nitrogen and oxygen atoms in total. The SMILES string of the molecule is NC(=S)CCCNC(=O)c1cccc(I)c1. The number of hydrogen-bond acceptors (Lipinski definition) is 2. The molecule has 86 valence electrons. The van der Waals surface area contributed by atoms with E-state index in [1.165, 1.54) is 0 Å². The molecule has 1 rings (SSSR count). The van der Waals surface area contributed by atoms with Crippen LogP contribution in [0.3, 0.4) is 0 Å². The molecule has 16 heavy (non-hydrogen) atoms. The third-order valence-corrected chi connectivity index (χ3v) is 2.85. The monoisotopic (exact) mass is 348 g/mol. The molecule has 1 amide bonds. The van der Waals surface area contributed by atoms with Crippen LogP contribution in [-0.2, 0) is 0 Å². The van der Waals surface area contributed by atoms with Gasteiger partial charge in [-0.3, -0.25) is 4.79 Å². The van der Waals surface area contributed by atoms with E-state index in [4.69, 9.17) is 18.0 Å². The molecule has 0 aliphatic rings. The third-order valence-electron chi connectivity index (χ3n) is 1.97. The quantitative estimate of drug-likeness (QED) is 0.487. The number of thiocarbonyl (C=S) groups is 1. The fraction of sp³-hybridized carbons (Fsp3) is 0.273. The molecule has 0 aliphatic heterocycles. The standard InChI is InChI=1S/C11H13IN2OS/c12-9-4-1-3-8(7-9)11(15)14-6-2-5-10(13)16/h1,3-4,7H,2,5-6H2,(H2,13,16)(H,14,15). The fourth-order valence-electron chi connectivity index (χ4n) is 1.20. The third kappa shape index (κ3) is 4.89. The van der Waals surface area contributed by atoms with Crippen molar-refractivity contribution in [3.63, 3.8) is 0 Å². The molecule has 0 atom stereocenters. The Morgan fingerprint density at radius 1 is 1.50 bits per heavy atom. The maximum Gasteiger partial charge on any atom is 0.251 e. The van der Waals surface area contributed by atoms with E-state index in [0.29, 0.717) is 23.5 Å². The minimum absolute atomic E-state index is 0.0542. The molecule has 0 unspecified atom stereocenters. The van der Waals surface area contributed by atoms with E-state index in [1.807, 2.05) is 18.2 Å². The summed E-state index contributed by atoms with van der Waals surface area (Å²) in [7, 11) is 0. The number of amides is 1. The molecule has 0 aromatic heterocycles. The summed E-state index contributed by atoms with van der Waals surface area (Å²) >= 11 is 6.93. The van der Waals surface area contributed by atoms with Crippen molar-refractivity contribution < 1.29 is 4.79 Å². The van der Waals surface area contributed by atoms with Crippen molar-refractivity contribution in [1.82, 2.24) is 5.32 Å². The summed E-state index contributed by atoms with van der Waals surface area (Å²) in [5, 5.41) is 2.82. The summed E-state index contributed by atoms with van der Waals surface area (Å²) in [6, 6.07) is 7.46. The number of rotatable bonds is 5. The van der Waals surface area contributed by atoms with Gasteiger partial charge < -0.3 is 11.1 Å². The second-order valence-electron chi connectivity index (χ2n) is 3.34. The van der Waals surface area contributed by atoms with Crippen molar-refractivity contribution in [1.29, 1.82) is 0 Å². The lowest BCUT2D eigenvalue weighted by Crippen LogP contribution is -2.25. The highest BCUT2D eigenvalue weighted by molar-refractivity contribution is 14.1. The van der Waals surface area contributed by atoms with E-state index < -0.39 is 0 Å². The Hall–Kier alpha value is -0.690. The number of hydrogen-bond donors (Lipinski definition) is 2. The van der Waals surface area contributed by atoms with E-state index in [1.54, 1.807) is 6.07 Å². The van der Waals surface area contributed by atoms with Crippen molar-refractivity contribution in [2.45, 2.75) is 12.8 Å². The number of halogens is 1. The molecule has 0 saturated heterocycles. The summed E-state index contributed by atoms with van der Waals surface area (Å²) in [6.07, 6.45) is 1.45. The summed E-state index contributed by atoms with van der Waals surface area (Å²) in [4.78, 5) is 12.2.